The van der Waals surface area contributed by atoms with E-state index in [4.69, 9.17) is 0 Å². The van der Waals surface area contributed by atoms with Gasteiger partial charge in [-0.15, -0.1) is 0 Å². The molecule has 1 aromatic rings. The minimum atomic E-state index is -0.488. The molecule has 0 saturated heterocycles. The van der Waals surface area contributed by atoms with Crippen LogP contribution in [0.3, 0.4) is 0 Å². The normalized spacial score (nSPS) is 10.6. The Balaban J connectivity index is 2.70. The van der Waals surface area contributed by atoms with Crippen LogP contribution in [0.5, 0.6) is 0 Å². The summed E-state index contributed by atoms with van der Waals surface area (Å²) in [5.74, 6) is -0.115. The third kappa shape index (κ3) is 3.90. The Bertz CT molecular complexity index is 513. The van der Waals surface area contributed by atoms with Gasteiger partial charge in [0, 0.05) is 30.8 Å². The molecule has 94 valence electrons. The Labute approximate surface area is 98.7 Å². The number of aromatic nitrogens is 2. The van der Waals surface area contributed by atoms with Crippen molar-refractivity contribution in [1.29, 1.82) is 0 Å². The molecule has 0 spiro atoms. The first-order valence-electron chi connectivity index (χ1n) is 5.50. The van der Waals surface area contributed by atoms with E-state index in [1.165, 1.54) is 10.8 Å². The lowest BCUT2D eigenvalue weighted by Gasteiger charge is -2.09. The standard InChI is InChI=1S/C11H17N3O3/c1-7(2)12-9(15)4-5-14-6-8(3)10(16)13-11(14)17/h6-7H,4-5H2,1-3H3,(H,12,15)(H,13,16,17). The number of amides is 1. The van der Waals surface area contributed by atoms with Crippen LogP contribution in [0.2, 0.25) is 0 Å². The van der Waals surface area contributed by atoms with E-state index in [1.807, 2.05) is 13.8 Å². The van der Waals surface area contributed by atoms with Crippen molar-refractivity contribution in [2.75, 3.05) is 0 Å². The van der Waals surface area contributed by atoms with Gasteiger partial charge < -0.3 is 5.32 Å². The van der Waals surface area contributed by atoms with Crippen molar-refractivity contribution < 1.29 is 4.79 Å². The van der Waals surface area contributed by atoms with Crippen molar-refractivity contribution in [2.24, 2.45) is 0 Å². The number of carbonyl (C=O) groups excluding carboxylic acids is 1. The summed E-state index contributed by atoms with van der Waals surface area (Å²) < 4.78 is 1.33. The van der Waals surface area contributed by atoms with Crippen LogP contribution in [0.15, 0.2) is 15.8 Å². The van der Waals surface area contributed by atoms with Crippen LogP contribution in [0, 0.1) is 6.92 Å². The third-order valence-corrected chi connectivity index (χ3v) is 2.22. The Morgan fingerprint density at radius 2 is 2.12 bits per heavy atom. The third-order valence-electron chi connectivity index (χ3n) is 2.22. The number of rotatable bonds is 4. The van der Waals surface area contributed by atoms with Gasteiger partial charge in [-0.05, 0) is 20.8 Å². The maximum absolute atomic E-state index is 11.4. The van der Waals surface area contributed by atoms with Crippen LogP contribution in [0.1, 0.15) is 25.8 Å². The molecule has 0 saturated carbocycles. The average molecular weight is 239 g/mol. The van der Waals surface area contributed by atoms with Gasteiger partial charge in [-0.1, -0.05) is 0 Å². The molecular weight excluding hydrogens is 222 g/mol. The van der Waals surface area contributed by atoms with Crippen LogP contribution in [-0.2, 0) is 11.3 Å². The van der Waals surface area contributed by atoms with Gasteiger partial charge in [0.15, 0.2) is 0 Å². The van der Waals surface area contributed by atoms with Crippen molar-refractivity contribution in [3.63, 3.8) is 0 Å². The summed E-state index contributed by atoms with van der Waals surface area (Å²) in [7, 11) is 0. The molecule has 1 aromatic heterocycles. The van der Waals surface area contributed by atoms with Gasteiger partial charge in [-0.2, -0.15) is 0 Å². The summed E-state index contributed by atoms with van der Waals surface area (Å²) in [4.78, 5) is 36.1. The van der Waals surface area contributed by atoms with Gasteiger partial charge in [0.25, 0.3) is 5.56 Å². The SMILES string of the molecule is Cc1cn(CCC(=O)NC(C)C)c(=O)[nH]c1=O. The molecule has 0 fully saturated rings. The summed E-state index contributed by atoms with van der Waals surface area (Å²) in [6.45, 7) is 5.61. The zero-order valence-corrected chi connectivity index (χ0v) is 10.2. The molecule has 0 bridgehead atoms. The van der Waals surface area contributed by atoms with Crippen LogP contribution in [0.25, 0.3) is 0 Å². The van der Waals surface area contributed by atoms with Crippen LogP contribution in [0.4, 0.5) is 0 Å². The first-order valence-corrected chi connectivity index (χ1v) is 5.50. The lowest BCUT2D eigenvalue weighted by Crippen LogP contribution is -2.34. The second kappa shape index (κ2) is 5.47. The van der Waals surface area contributed by atoms with E-state index in [-0.39, 0.29) is 24.9 Å². The fraction of sp³-hybridized carbons (Fsp3) is 0.545. The number of nitrogens with zero attached hydrogens (tertiary/aromatic N) is 1. The largest absolute Gasteiger partial charge is 0.354 e. The quantitative estimate of drug-likeness (QED) is 0.760. The second-order valence-electron chi connectivity index (χ2n) is 4.24. The number of H-pyrrole nitrogens is 1. The van der Waals surface area contributed by atoms with Gasteiger partial charge in [0.2, 0.25) is 5.91 Å². The van der Waals surface area contributed by atoms with E-state index in [0.29, 0.717) is 5.56 Å². The zero-order valence-electron chi connectivity index (χ0n) is 10.2. The molecule has 6 heteroatoms. The maximum atomic E-state index is 11.4. The summed E-state index contributed by atoms with van der Waals surface area (Å²) in [5.41, 5.74) is -0.426. The molecule has 1 heterocycles. The van der Waals surface area contributed by atoms with E-state index in [2.05, 4.69) is 10.3 Å². The van der Waals surface area contributed by atoms with Crippen LogP contribution < -0.4 is 16.6 Å². The van der Waals surface area contributed by atoms with E-state index in [0.717, 1.165) is 0 Å². The Kier molecular flexibility index (Phi) is 4.25. The molecule has 0 aromatic carbocycles. The number of hydrogen-bond acceptors (Lipinski definition) is 3. The molecule has 0 unspecified atom stereocenters. The molecule has 17 heavy (non-hydrogen) atoms. The van der Waals surface area contributed by atoms with E-state index in [9.17, 15) is 14.4 Å². The molecule has 1 rings (SSSR count). The Morgan fingerprint density at radius 1 is 1.47 bits per heavy atom. The predicted octanol–water partition coefficient (Wildman–Crippen LogP) is -0.240. The summed E-state index contributed by atoms with van der Waals surface area (Å²) in [6, 6.07) is 0.0801. The topological polar surface area (TPSA) is 84.0 Å². The van der Waals surface area contributed by atoms with E-state index < -0.39 is 11.2 Å². The van der Waals surface area contributed by atoms with Crippen molar-refractivity contribution in [3.05, 3.63) is 32.6 Å². The molecular formula is C11H17N3O3. The highest BCUT2D eigenvalue weighted by Crippen LogP contribution is 1.90. The monoisotopic (exact) mass is 239 g/mol. The van der Waals surface area contributed by atoms with Gasteiger partial charge >= 0.3 is 5.69 Å². The van der Waals surface area contributed by atoms with Crippen molar-refractivity contribution >= 4 is 5.91 Å². The lowest BCUT2D eigenvalue weighted by molar-refractivity contribution is -0.121. The Hall–Kier alpha value is -1.85. The molecule has 0 aliphatic carbocycles. The minimum Gasteiger partial charge on any atom is -0.354 e. The number of nitrogens with one attached hydrogen (secondary N) is 2. The van der Waals surface area contributed by atoms with Gasteiger partial charge in [-0.3, -0.25) is 19.1 Å². The van der Waals surface area contributed by atoms with E-state index in [1.54, 1.807) is 6.92 Å². The fourth-order valence-electron chi connectivity index (χ4n) is 1.40. The van der Waals surface area contributed by atoms with Crippen molar-refractivity contribution in [3.8, 4) is 0 Å². The summed E-state index contributed by atoms with van der Waals surface area (Å²) >= 11 is 0. The first-order chi connectivity index (χ1) is 7.90. The number of aryl methyl sites for hydroxylation is 2. The highest BCUT2D eigenvalue weighted by atomic mass is 16.2. The zero-order chi connectivity index (χ0) is 13.0. The maximum Gasteiger partial charge on any atom is 0.328 e. The lowest BCUT2D eigenvalue weighted by atomic mass is 10.3. The van der Waals surface area contributed by atoms with Gasteiger partial charge in [0.05, 0.1) is 0 Å². The fourth-order valence-corrected chi connectivity index (χ4v) is 1.40. The van der Waals surface area contributed by atoms with E-state index >= 15 is 0 Å². The molecule has 1 amide bonds. The predicted molar refractivity (Wildman–Crippen MR) is 64.0 cm³/mol. The summed E-state index contributed by atoms with van der Waals surface area (Å²) in [5, 5.41) is 2.73. The summed E-state index contributed by atoms with van der Waals surface area (Å²) in [6.07, 6.45) is 1.67. The molecule has 0 aliphatic rings. The van der Waals surface area contributed by atoms with Crippen molar-refractivity contribution in [2.45, 2.75) is 39.8 Å². The highest BCUT2D eigenvalue weighted by Gasteiger charge is 2.05. The second-order valence-corrected chi connectivity index (χ2v) is 4.24. The van der Waals surface area contributed by atoms with Crippen LogP contribution >= 0.6 is 0 Å². The number of aromatic amines is 1. The molecule has 6 nitrogen and oxygen atoms in total. The Morgan fingerprint density at radius 3 is 2.71 bits per heavy atom. The van der Waals surface area contributed by atoms with Crippen LogP contribution in [-0.4, -0.2) is 21.5 Å². The number of hydrogen-bond donors (Lipinski definition) is 2. The van der Waals surface area contributed by atoms with Gasteiger partial charge in [-0.25, -0.2) is 4.79 Å². The first kappa shape index (κ1) is 13.2. The molecule has 0 radical (unpaired) electrons. The van der Waals surface area contributed by atoms with Gasteiger partial charge in [0.1, 0.15) is 0 Å². The molecule has 2 N–H and O–H groups in total. The molecule has 0 atom stereocenters. The van der Waals surface area contributed by atoms with Crippen molar-refractivity contribution in [1.82, 2.24) is 14.9 Å². The smallest absolute Gasteiger partial charge is 0.328 e. The molecule has 0 aliphatic heterocycles. The number of carbonyl (C=O) groups is 1. The highest BCUT2D eigenvalue weighted by molar-refractivity contribution is 5.76. The average Bonchev–Trinajstić information content (AvgIpc) is 2.20. The minimum absolute atomic E-state index is 0.0801.